The minimum atomic E-state index is -0.897. The fraction of sp³-hybridized carbons (Fsp3) is 0.222. The van der Waals surface area contributed by atoms with Crippen molar-refractivity contribution in [3.63, 3.8) is 0 Å². The lowest BCUT2D eigenvalue weighted by molar-refractivity contribution is 0.0695. The van der Waals surface area contributed by atoms with E-state index in [-0.39, 0.29) is 0 Å². The van der Waals surface area contributed by atoms with E-state index in [4.69, 9.17) is 5.11 Å². The molecule has 0 aromatic heterocycles. The average Bonchev–Trinajstić information content (AvgIpc) is 2.08. The smallest absolute Gasteiger partial charge is 0.336 e. The number of halogens is 1. The van der Waals surface area contributed by atoms with Crippen molar-refractivity contribution < 1.29 is 9.90 Å². The quantitative estimate of drug-likeness (QED) is 0.853. The molecule has 0 aliphatic rings. The molecule has 0 atom stereocenters. The molecule has 1 rings (SSSR count). The zero-order valence-corrected chi connectivity index (χ0v) is 8.76. The summed E-state index contributed by atoms with van der Waals surface area (Å²) in [4.78, 5) is 10.8. The van der Waals surface area contributed by atoms with Crippen LogP contribution in [0.5, 0.6) is 0 Å². The Morgan fingerprint density at radius 2 is 2.31 bits per heavy atom. The number of aromatic carboxylic acids is 1. The van der Waals surface area contributed by atoms with Crippen LogP contribution in [0.4, 0.5) is 0 Å². The minimum absolute atomic E-state index is 0.337. The third-order valence-corrected chi connectivity index (χ3v) is 2.16. The number of rotatable bonds is 3. The van der Waals surface area contributed by atoms with Crippen molar-refractivity contribution in [3.8, 4) is 0 Å². The number of carboxylic acid groups (broad SMARTS) is 1. The van der Waals surface area contributed by atoms with E-state index >= 15 is 0 Å². The Labute approximate surface area is 84.9 Å². The molecule has 70 valence electrons. The highest BCUT2D eigenvalue weighted by Gasteiger charge is 2.09. The van der Waals surface area contributed by atoms with E-state index in [1.54, 1.807) is 19.2 Å². The Balaban J connectivity index is 3.10. The molecule has 0 saturated carbocycles. The zero-order valence-electron chi connectivity index (χ0n) is 7.17. The number of carbonyl (C=O) groups is 1. The van der Waals surface area contributed by atoms with Crippen molar-refractivity contribution in [2.75, 3.05) is 7.05 Å². The van der Waals surface area contributed by atoms with Crippen molar-refractivity contribution in [1.82, 2.24) is 5.32 Å². The van der Waals surface area contributed by atoms with Crippen LogP contribution in [0.2, 0.25) is 0 Å². The maximum atomic E-state index is 10.8. The third kappa shape index (κ3) is 2.54. The highest BCUT2D eigenvalue weighted by atomic mass is 79.9. The molecule has 13 heavy (non-hydrogen) atoms. The summed E-state index contributed by atoms with van der Waals surface area (Å²) in [7, 11) is 1.79. The molecule has 0 radical (unpaired) electrons. The van der Waals surface area contributed by atoms with Crippen molar-refractivity contribution in [2.24, 2.45) is 0 Å². The first kappa shape index (κ1) is 10.2. The van der Waals surface area contributed by atoms with E-state index < -0.39 is 5.97 Å². The summed E-state index contributed by atoms with van der Waals surface area (Å²) in [5.41, 5.74) is 1.13. The van der Waals surface area contributed by atoms with Crippen LogP contribution >= 0.6 is 15.9 Å². The number of benzene rings is 1. The van der Waals surface area contributed by atoms with Gasteiger partial charge in [0, 0.05) is 11.0 Å². The van der Waals surface area contributed by atoms with Crippen molar-refractivity contribution in [1.29, 1.82) is 0 Å². The summed E-state index contributed by atoms with van der Waals surface area (Å²) in [5.74, 6) is -0.897. The Bertz CT molecular complexity index is 325. The summed E-state index contributed by atoms with van der Waals surface area (Å²) >= 11 is 3.23. The molecule has 0 amide bonds. The van der Waals surface area contributed by atoms with E-state index in [2.05, 4.69) is 21.2 Å². The molecule has 0 heterocycles. The summed E-state index contributed by atoms with van der Waals surface area (Å²) in [5, 5.41) is 11.8. The van der Waals surface area contributed by atoms with Crippen molar-refractivity contribution >= 4 is 21.9 Å². The van der Waals surface area contributed by atoms with Gasteiger partial charge in [0.1, 0.15) is 0 Å². The van der Waals surface area contributed by atoms with Gasteiger partial charge in [-0.25, -0.2) is 4.79 Å². The SMILES string of the molecule is CNCc1ccc(Br)cc1C(=O)O. The molecular weight excluding hydrogens is 234 g/mol. The Morgan fingerprint density at radius 3 is 2.85 bits per heavy atom. The Kier molecular flexibility index (Phi) is 3.45. The number of hydrogen-bond acceptors (Lipinski definition) is 2. The van der Waals surface area contributed by atoms with Gasteiger partial charge in [-0.3, -0.25) is 0 Å². The van der Waals surface area contributed by atoms with Gasteiger partial charge in [-0.1, -0.05) is 22.0 Å². The van der Waals surface area contributed by atoms with Gasteiger partial charge in [-0.15, -0.1) is 0 Å². The van der Waals surface area contributed by atoms with Gasteiger partial charge >= 0.3 is 5.97 Å². The van der Waals surface area contributed by atoms with Gasteiger partial charge < -0.3 is 10.4 Å². The van der Waals surface area contributed by atoms with E-state index in [1.165, 1.54) is 0 Å². The van der Waals surface area contributed by atoms with Crippen LogP contribution < -0.4 is 5.32 Å². The molecule has 0 aliphatic heterocycles. The Hall–Kier alpha value is -0.870. The van der Waals surface area contributed by atoms with Gasteiger partial charge in [0.2, 0.25) is 0 Å². The van der Waals surface area contributed by atoms with E-state index in [1.807, 2.05) is 6.07 Å². The highest BCUT2D eigenvalue weighted by Crippen LogP contribution is 2.16. The standard InChI is InChI=1S/C9H10BrNO2/c1-11-5-6-2-3-7(10)4-8(6)9(12)13/h2-4,11H,5H2,1H3,(H,12,13). The predicted octanol–water partition coefficient (Wildman–Crippen LogP) is 1.87. The second kappa shape index (κ2) is 4.39. The van der Waals surface area contributed by atoms with Crippen molar-refractivity contribution in [3.05, 3.63) is 33.8 Å². The first-order valence-electron chi connectivity index (χ1n) is 3.81. The lowest BCUT2D eigenvalue weighted by Gasteiger charge is -2.05. The minimum Gasteiger partial charge on any atom is -0.478 e. The molecule has 0 unspecified atom stereocenters. The van der Waals surface area contributed by atoms with Gasteiger partial charge in [0.15, 0.2) is 0 Å². The van der Waals surface area contributed by atoms with Gasteiger partial charge in [0.25, 0.3) is 0 Å². The average molecular weight is 244 g/mol. The lowest BCUT2D eigenvalue weighted by atomic mass is 10.1. The molecule has 0 spiro atoms. The molecule has 0 bridgehead atoms. The fourth-order valence-electron chi connectivity index (χ4n) is 1.09. The molecule has 1 aromatic rings. The molecule has 0 saturated heterocycles. The second-order valence-corrected chi connectivity index (χ2v) is 3.55. The number of carboxylic acids is 1. The largest absolute Gasteiger partial charge is 0.478 e. The van der Waals surface area contributed by atoms with Crippen LogP contribution in [-0.2, 0) is 6.54 Å². The van der Waals surface area contributed by atoms with Crippen LogP contribution in [0, 0.1) is 0 Å². The zero-order chi connectivity index (χ0) is 9.84. The number of nitrogens with one attached hydrogen (secondary N) is 1. The highest BCUT2D eigenvalue weighted by molar-refractivity contribution is 9.10. The Morgan fingerprint density at radius 1 is 1.62 bits per heavy atom. The predicted molar refractivity (Wildman–Crippen MR) is 53.9 cm³/mol. The molecule has 1 aromatic carbocycles. The monoisotopic (exact) mass is 243 g/mol. The van der Waals surface area contributed by atoms with E-state index in [0.29, 0.717) is 12.1 Å². The molecular formula is C9H10BrNO2. The maximum Gasteiger partial charge on any atom is 0.336 e. The van der Waals surface area contributed by atoms with Crippen LogP contribution in [0.1, 0.15) is 15.9 Å². The third-order valence-electron chi connectivity index (χ3n) is 1.67. The van der Waals surface area contributed by atoms with Gasteiger partial charge in [-0.2, -0.15) is 0 Å². The summed E-state index contributed by atoms with van der Waals surface area (Å²) < 4.78 is 0.782. The van der Waals surface area contributed by atoms with Gasteiger partial charge in [-0.05, 0) is 24.7 Å². The van der Waals surface area contributed by atoms with E-state index in [9.17, 15) is 4.79 Å². The van der Waals surface area contributed by atoms with Gasteiger partial charge in [0.05, 0.1) is 5.56 Å². The van der Waals surface area contributed by atoms with Crippen LogP contribution in [-0.4, -0.2) is 18.1 Å². The second-order valence-electron chi connectivity index (χ2n) is 2.64. The van der Waals surface area contributed by atoms with E-state index in [0.717, 1.165) is 10.0 Å². The van der Waals surface area contributed by atoms with Crippen LogP contribution in [0.25, 0.3) is 0 Å². The lowest BCUT2D eigenvalue weighted by Crippen LogP contribution is -2.10. The normalized spacial score (nSPS) is 10.0. The topological polar surface area (TPSA) is 49.3 Å². The molecule has 0 fully saturated rings. The summed E-state index contributed by atoms with van der Waals surface area (Å²) in [6.07, 6.45) is 0. The number of hydrogen-bond donors (Lipinski definition) is 2. The molecule has 2 N–H and O–H groups in total. The first-order valence-corrected chi connectivity index (χ1v) is 4.60. The molecule has 4 heteroatoms. The van der Waals surface area contributed by atoms with Crippen molar-refractivity contribution in [2.45, 2.75) is 6.54 Å². The van der Waals surface area contributed by atoms with Crippen LogP contribution in [0.3, 0.4) is 0 Å². The maximum absolute atomic E-state index is 10.8. The fourth-order valence-corrected chi connectivity index (χ4v) is 1.45. The summed E-state index contributed by atoms with van der Waals surface area (Å²) in [6.45, 7) is 0.564. The first-order chi connectivity index (χ1) is 6.15. The van der Waals surface area contributed by atoms with Crippen LogP contribution in [0.15, 0.2) is 22.7 Å². The summed E-state index contributed by atoms with van der Waals surface area (Å²) in [6, 6.07) is 5.23. The molecule has 3 nitrogen and oxygen atoms in total. The molecule has 0 aliphatic carbocycles.